The van der Waals surface area contributed by atoms with Crippen LogP contribution in [-0.4, -0.2) is 44.4 Å². The molecule has 7 heteroatoms. The number of hydrogen-bond acceptors (Lipinski definition) is 6. The molecule has 2 saturated carbocycles. The molecule has 0 saturated heterocycles. The average Bonchev–Trinajstić information content (AvgIpc) is 2.80. The molecule has 0 radical (unpaired) electrons. The van der Waals surface area contributed by atoms with Crippen LogP contribution in [0.25, 0.3) is 0 Å². The first kappa shape index (κ1) is 20.6. The molecule has 3 rings (SSSR count). The largest absolute Gasteiger partial charge is 0.476 e. The first-order chi connectivity index (χ1) is 13.5. The van der Waals surface area contributed by atoms with E-state index in [0.29, 0.717) is 18.4 Å². The van der Waals surface area contributed by atoms with Crippen LogP contribution in [0.5, 0.6) is 0 Å². The Bertz CT molecular complexity index is 708. The molecule has 1 aromatic heterocycles. The highest BCUT2D eigenvalue weighted by Crippen LogP contribution is 2.44. The molecule has 4 atom stereocenters. The van der Waals surface area contributed by atoms with Gasteiger partial charge < -0.3 is 10.8 Å². The lowest BCUT2D eigenvalue weighted by molar-refractivity contribution is -0.129. The van der Waals surface area contributed by atoms with Gasteiger partial charge in [-0.05, 0) is 50.4 Å². The highest BCUT2D eigenvalue weighted by molar-refractivity contribution is 6.43. The number of carboxylic acid groups (broad SMARTS) is 1. The van der Waals surface area contributed by atoms with Crippen molar-refractivity contribution >= 4 is 17.5 Å². The molecular weight excluding hydrogens is 354 g/mol. The van der Waals surface area contributed by atoms with E-state index in [2.05, 4.69) is 28.9 Å². The van der Waals surface area contributed by atoms with Gasteiger partial charge in [-0.1, -0.05) is 32.6 Å². The highest BCUT2D eigenvalue weighted by atomic mass is 16.4. The fourth-order valence-corrected chi connectivity index (χ4v) is 5.29. The third-order valence-electron chi connectivity index (χ3n) is 6.49. The number of nitrogen functional groups attached to an aromatic ring is 1. The van der Waals surface area contributed by atoms with Crippen molar-refractivity contribution in [3.8, 4) is 0 Å². The standard InChI is InChI=1S/C21H33N5O2/c1-3-6-15-10-9-14-7-5-8-16(11-14)19(15)26(4-2)25-18(21(27)28)17-12-23-13-24-20(17)22/h12-16,19H,3-11H2,1-2H3,(H,27,28)(H2,22,23,24)/b25-18+. The zero-order chi connectivity index (χ0) is 20.1. The Morgan fingerprint density at radius 3 is 2.82 bits per heavy atom. The second kappa shape index (κ2) is 9.34. The van der Waals surface area contributed by atoms with Crippen molar-refractivity contribution in [2.75, 3.05) is 12.3 Å². The van der Waals surface area contributed by atoms with Gasteiger partial charge in [-0.15, -0.1) is 0 Å². The minimum atomic E-state index is -1.10. The lowest BCUT2D eigenvalue weighted by atomic mass is 9.77. The van der Waals surface area contributed by atoms with Gasteiger partial charge in [0.2, 0.25) is 0 Å². The van der Waals surface area contributed by atoms with Crippen LogP contribution in [-0.2, 0) is 4.79 Å². The van der Waals surface area contributed by atoms with Gasteiger partial charge in [-0.3, -0.25) is 5.01 Å². The van der Waals surface area contributed by atoms with E-state index in [1.165, 1.54) is 57.5 Å². The molecule has 0 spiro atoms. The zero-order valence-electron chi connectivity index (χ0n) is 17.0. The lowest BCUT2D eigenvalue weighted by Crippen LogP contribution is -2.44. The number of carboxylic acids is 1. The lowest BCUT2D eigenvalue weighted by Gasteiger charge is -2.40. The molecule has 154 valence electrons. The molecule has 2 aliphatic rings. The minimum Gasteiger partial charge on any atom is -0.476 e. The second-order valence-electron chi connectivity index (χ2n) is 8.24. The normalized spacial score (nSPS) is 27.9. The predicted molar refractivity (Wildman–Crippen MR) is 110 cm³/mol. The van der Waals surface area contributed by atoms with E-state index in [0.717, 1.165) is 12.3 Å². The number of nitrogens with two attached hydrogens (primary N) is 1. The third kappa shape index (κ3) is 4.45. The zero-order valence-corrected chi connectivity index (χ0v) is 17.0. The third-order valence-corrected chi connectivity index (χ3v) is 6.49. The first-order valence-corrected chi connectivity index (χ1v) is 10.7. The topological polar surface area (TPSA) is 105 Å². The van der Waals surface area contributed by atoms with E-state index in [1.54, 1.807) is 0 Å². The van der Waals surface area contributed by atoms with Crippen LogP contribution < -0.4 is 5.73 Å². The van der Waals surface area contributed by atoms with E-state index >= 15 is 0 Å². The predicted octanol–water partition coefficient (Wildman–Crippen LogP) is 3.55. The Morgan fingerprint density at radius 1 is 1.32 bits per heavy atom. The van der Waals surface area contributed by atoms with Crippen molar-refractivity contribution in [3.63, 3.8) is 0 Å². The summed E-state index contributed by atoms with van der Waals surface area (Å²) >= 11 is 0. The molecule has 0 amide bonds. The van der Waals surface area contributed by atoms with Gasteiger partial charge in [0.25, 0.3) is 0 Å². The van der Waals surface area contributed by atoms with Crippen LogP contribution in [0.15, 0.2) is 17.6 Å². The molecule has 1 heterocycles. The minimum absolute atomic E-state index is 0.0631. The number of anilines is 1. The molecule has 3 N–H and O–H groups in total. The average molecular weight is 388 g/mol. The molecule has 2 fully saturated rings. The SMILES string of the molecule is CCCC1CCC2CCCC(C2)C1N(CC)/N=C(/C(=O)O)c1cncnc1N. The van der Waals surface area contributed by atoms with Crippen molar-refractivity contribution in [2.24, 2.45) is 22.9 Å². The Kier molecular flexibility index (Phi) is 6.86. The van der Waals surface area contributed by atoms with E-state index < -0.39 is 5.97 Å². The van der Waals surface area contributed by atoms with Crippen molar-refractivity contribution < 1.29 is 9.90 Å². The van der Waals surface area contributed by atoms with E-state index in [4.69, 9.17) is 5.73 Å². The summed E-state index contributed by atoms with van der Waals surface area (Å²) in [6.07, 6.45) is 12.7. The smallest absolute Gasteiger partial charge is 0.357 e. The van der Waals surface area contributed by atoms with Crippen LogP contribution in [0, 0.1) is 17.8 Å². The number of rotatable bonds is 7. The van der Waals surface area contributed by atoms with Crippen molar-refractivity contribution in [2.45, 2.75) is 71.3 Å². The summed E-state index contributed by atoms with van der Waals surface area (Å²) in [5.41, 5.74) is 6.15. The van der Waals surface area contributed by atoms with Gasteiger partial charge in [-0.2, -0.15) is 5.10 Å². The van der Waals surface area contributed by atoms with E-state index in [9.17, 15) is 9.90 Å². The van der Waals surface area contributed by atoms with Crippen molar-refractivity contribution in [3.05, 3.63) is 18.1 Å². The number of aromatic nitrogens is 2. The molecule has 2 aliphatic carbocycles. The summed E-state index contributed by atoms with van der Waals surface area (Å²) in [7, 11) is 0. The highest BCUT2D eigenvalue weighted by Gasteiger charge is 2.39. The first-order valence-electron chi connectivity index (χ1n) is 10.7. The molecule has 7 nitrogen and oxygen atoms in total. The number of nitrogens with zero attached hydrogens (tertiary/aromatic N) is 4. The molecule has 28 heavy (non-hydrogen) atoms. The van der Waals surface area contributed by atoms with Gasteiger partial charge in [-0.25, -0.2) is 14.8 Å². The molecular formula is C21H33N5O2. The van der Waals surface area contributed by atoms with Gasteiger partial charge in [0.15, 0.2) is 5.71 Å². The maximum atomic E-state index is 12.0. The Balaban J connectivity index is 1.99. The number of hydrogen-bond donors (Lipinski definition) is 2. The summed E-state index contributed by atoms with van der Waals surface area (Å²) in [5, 5.41) is 16.5. The van der Waals surface area contributed by atoms with E-state index in [1.807, 2.05) is 5.01 Å². The second-order valence-corrected chi connectivity index (χ2v) is 8.24. The van der Waals surface area contributed by atoms with E-state index in [-0.39, 0.29) is 23.1 Å². The Labute approximate surface area is 167 Å². The van der Waals surface area contributed by atoms with Crippen LogP contribution in [0.3, 0.4) is 0 Å². The van der Waals surface area contributed by atoms with Crippen LogP contribution >= 0.6 is 0 Å². The molecule has 4 unspecified atom stereocenters. The Hall–Kier alpha value is -2.18. The Morgan fingerprint density at radius 2 is 2.14 bits per heavy atom. The fourth-order valence-electron chi connectivity index (χ4n) is 5.29. The summed E-state index contributed by atoms with van der Waals surface area (Å²) in [6, 6.07) is 0.287. The number of fused-ring (bicyclic) bond motifs is 2. The molecule has 1 aromatic rings. The van der Waals surface area contributed by atoms with Crippen LogP contribution in [0.2, 0.25) is 0 Å². The van der Waals surface area contributed by atoms with Gasteiger partial charge >= 0.3 is 5.97 Å². The van der Waals surface area contributed by atoms with Gasteiger partial charge in [0, 0.05) is 12.7 Å². The maximum absolute atomic E-state index is 12.0. The van der Waals surface area contributed by atoms with Crippen molar-refractivity contribution in [1.29, 1.82) is 0 Å². The van der Waals surface area contributed by atoms with Gasteiger partial charge in [0.1, 0.15) is 12.1 Å². The molecule has 0 aromatic carbocycles. The number of hydrazone groups is 1. The maximum Gasteiger partial charge on any atom is 0.357 e. The van der Waals surface area contributed by atoms with Crippen LogP contribution in [0.1, 0.15) is 70.8 Å². The summed E-state index contributed by atoms with van der Waals surface area (Å²) < 4.78 is 0. The summed E-state index contributed by atoms with van der Waals surface area (Å²) in [6.45, 7) is 4.97. The monoisotopic (exact) mass is 387 g/mol. The molecule has 2 bridgehead atoms. The summed E-state index contributed by atoms with van der Waals surface area (Å²) in [4.78, 5) is 19.9. The molecule has 0 aliphatic heterocycles. The van der Waals surface area contributed by atoms with Crippen LogP contribution in [0.4, 0.5) is 5.82 Å². The summed E-state index contributed by atoms with van der Waals surface area (Å²) in [5.74, 6) is 1.02. The number of carbonyl (C=O) groups is 1. The number of aliphatic carboxylic acids is 1. The van der Waals surface area contributed by atoms with Gasteiger partial charge in [0.05, 0.1) is 11.6 Å². The fraction of sp³-hybridized carbons (Fsp3) is 0.714. The van der Waals surface area contributed by atoms with Crippen molar-refractivity contribution in [1.82, 2.24) is 15.0 Å². The quantitative estimate of drug-likeness (QED) is 0.547.